The van der Waals surface area contributed by atoms with E-state index < -0.39 is 5.60 Å². The van der Waals surface area contributed by atoms with Crippen molar-refractivity contribution in [2.24, 2.45) is 0 Å². The second kappa shape index (κ2) is 4.59. The Kier molecular flexibility index (Phi) is 3.28. The number of halogens is 1. The van der Waals surface area contributed by atoms with Gasteiger partial charge >= 0.3 is 0 Å². The minimum Gasteiger partial charge on any atom is -0.495 e. The van der Waals surface area contributed by atoms with E-state index in [4.69, 9.17) is 16.3 Å². The topological polar surface area (TPSA) is 60.2 Å². The third-order valence-corrected chi connectivity index (χ3v) is 2.83. The molecule has 2 aromatic rings. The lowest BCUT2D eigenvalue weighted by Gasteiger charge is -2.11. The van der Waals surface area contributed by atoms with Crippen LogP contribution < -0.4 is 4.74 Å². The summed E-state index contributed by atoms with van der Waals surface area (Å²) in [6.45, 7) is 3.31. The molecule has 0 fully saturated rings. The molecule has 1 heterocycles. The first-order chi connectivity index (χ1) is 8.41. The molecule has 0 saturated carbocycles. The monoisotopic (exact) mass is 267 g/mol. The van der Waals surface area contributed by atoms with Crippen LogP contribution in [0.4, 0.5) is 0 Å². The summed E-state index contributed by atoms with van der Waals surface area (Å²) in [5, 5.41) is 18.3. The molecule has 0 radical (unpaired) electrons. The number of hydrogen-bond donors (Lipinski definition) is 1. The highest BCUT2D eigenvalue weighted by Gasteiger charge is 2.20. The highest BCUT2D eigenvalue weighted by Crippen LogP contribution is 2.27. The molecule has 0 spiro atoms. The Hall–Kier alpha value is -1.59. The summed E-state index contributed by atoms with van der Waals surface area (Å²) in [5.74, 6) is 0.564. The van der Waals surface area contributed by atoms with Gasteiger partial charge in [-0.15, -0.1) is 5.10 Å². The SMILES string of the molecule is COc1cc(-n2cc(C(C)(C)O)nn2)ccc1Cl. The Bertz CT molecular complexity index is 561. The zero-order valence-electron chi connectivity index (χ0n) is 10.4. The summed E-state index contributed by atoms with van der Waals surface area (Å²) >= 11 is 5.95. The second-order valence-electron chi connectivity index (χ2n) is 4.43. The van der Waals surface area contributed by atoms with Gasteiger partial charge in [0.2, 0.25) is 0 Å². The number of rotatable bonds is 3. The van der Waals surface area contributed by atoms with Gasteiger partial charge < -0.3 is 9.84 Å². The maximum Gasteiger partial charge on any atom is 0.139 e. The molecule has 0 aliphatic heterocycles. The molecule has 0 bridgehead atoms. The number of nitrogens with zero attached hydrogens (tertiary/aromatic N) is 3. The Balaban J connectivity index is 2.40. The number of benzene rings is 1. The van der Waals surface area contributed by atoms with Gasteiger partial charge in [0, 0.05) is 6.07 Å². The predicted molar refractivity (Wildman–Crippen MR) is 68.2 cm³/mol. The Morgan fingerprint density at radius 2 is 2.11 bits per heavy atom. The van der Waals surface area contributed by atoms with E-state index in [1.807, 2.05) is 0 Å². The third kappa shape index (κ3) is 2.47. The standard InChI is InChI=1S/C12H14ClN3O2/c1-12(2,17)11-7-16(15-14-11)8-4-5-9(13)10(6-8)18-3/h4-7,17H,1-3H3. The Labute approximate surface area is 110 Å². The highest BCUT2D eigenvalue weighted by molar-refractivity contribution is 6.32. The Morgan fingerprint density at radius 3 is 2.67 bits per heavy atom. The average molecular weight is 268 g/mol. The number of aliphatic hydroxyl groups is 1. The summed E-state index contributed by atoms with van der Waals surface area (Å²) in [4.78, 5) is 0. The van der Waals surface area contributed by atoms with Crippen molar-refractivity contribution in [3.8, 4) is 11.4 Å². The minimum atomic E-state index is -1.02. The lowest BCUT2D eigenvalue weighted by Crippen LogP contribution is -2.15. The van der Waals surface area contributed by atoms with Crippen LogP contribution in [0, 0.1) is 0 Å². The van der Waals surface area contributed by atoms with Crippen molar-refractivity contribution >= 4 is 11.6 Å². The van der Waals surface area contributed by atoms with Gasteiger partial charge in [-0.25, -0.2) is 4.68 Å². The molecule has 5 nitrogen and oxygen atoms in total. The van der Waals surface area contributed by atoms with Crippen LogP contribution in [0.25, 0.3) is 5.69 Å². The van der Waals surface area contributed by atoms with E-state index in [0.717, 1.165) is 5.69 Å². The van der Waals surface area contributed by atoms with Crippen LogP contribution in [0.3, 0.4) is 0 Å². The van der Waals surface area contributed by atoms with Crippen LogP contribution in [0.15, 0.2) is 24.4 Å². The molecular weight excluding hydrogens is 254 g/mol. The van der Waals surface area contributed by atoms with E-state index in [-0.39, 0.29) is 0 Å². The molecule has 0 unspecified atom stereocenters. The lowest BCUT2D eigenvalue weighted by molar-refractivity contribution is 0.0737. The number of hydrogen-bond acceptors (Lipinski definition) is 4. The molecule has 18 heavy (non-hydrogen) atoms. The van der Waals surface area contributed by atoms with E-state index in [2.05, 4.69) is 10.3 Å². The summed E-state index contributed by atoms with van der Waals surface area (Å²) in [7, 11) is 1.55. The molecule has 0 aliphatic carbocycles. The molecule has 0 atom stereocenters. The van der Waals surface area contributed by atoms with E-state index in [1.165, 1.54) is 0 Å². The van der Waals surface area contributed by atoms with Gasteiger partial charge in [-0.05, 0) is 26.0 Å². The highest BCUT2D eigenvalue weighted by atomic mass is 35.5. The summed E-state index contributed by atoms with van der Waals surface area (Å²) in [6, 6.07) is 5.28. The number of methoxy groups -OCH3 is 1. The molecule has 96 valence electrons. The van der Waals surface area contributed by atoms with Crippen LogP contribution in [0.2, 0.25) is 5.02 Å². The maximum atomic E-state index is 9.83. The zero-order valence-corrected chi connectivity index (χ0v) is 11.1. The first-order valence-electron chi connectivity index (χ1n) is 5.41. The van der Waals surface area contributed by atoms with Crippen molar-refractivity contribution in [3.05, 3.63) is 35.1 Å². The summed E-state index contributed by atoms with van der Waals surface area (Å²) < 4.78 is 6.70. The quantitative estimate of drug-likeness (QED) is 0.926. The molecule has 0 saturated heterocycles. The van der Waals surface area contributed by atoms with Crippen molar-refractivity contribution in [1.82, 2.24) is 15.0 Å². The van der Waals surface area contributed by atoms with Gasteiger partial charge in [-0.3, -0.25) is 0 Å². The molecule has 1 aromatic heterocycles. The predicted octanol–water partition coefficient (Wildman–Crippen LogP) is 2.16. The Morgan fingerprint density at radius 1 is 1.39 bits per heavy atom. The van der Waals surface area contributed by atoms with Crippen molar-refractivity contribution in [1.29, 1.82) is 0 Å². The van der Waals surface area contributed by atoms with Crippen LogP contribution >= 0.6 is 11.6 Å². The van der Waals surface area contributed by atoms with E-state index in [1.54, 1.807) is 50.0 Å². The fourth-order valence-electron chi connectivity index (χ4n) is 1.46. The second-order valence-corrected chi connectivity index (χ2v) is 4.83. The fourth-order valence-corrected chi connectivity index (χ4v) is 1.66. The van der Waals surface area contributed by atoms with E-state index >= 15 is 0 Å². The van der Waals surface area contributed by atoms with Crippen LogP contribution in [0.5, 0.6) is 5.75 Å². The number of aromatic nitrogens is 3. The van der Waals surface area contributed by atoms with Gasteiger partial charge in [-0.1, -0.05) is 16.8 Å². The smallest absolute Gasteiger partial charge is 0.139 e. The minimum absolute atomic E-state index is 0.497. The summed E-state index contributed by atoms with van der Waals surface area (Å²) in [5.41, 5.74) is 0.241. The van der Waals surface area contributed by atoms with Crippen LogP contribution in [-0.2, 0) is 5.60 Å². The van der Waals surface area contributed by atoms with Gasteiger partial charge in [-0.2, -0.15) is 0 Å². The average Bonchev–Trinajstić information content (AvgIpc) is 2.78. The van der Waals surface area contributed by atoms with Crippen molar-refractivity contribution in [3.63, 3.8) is 0 Å². The fraction of sp³-hybridized carbons (Fsp3) is 0.333. The first kappa shape index (κ1) is 12.9. The van der Waals surface area contributed by atoms with E-state index in [9.17, 15) is 5.11 Å². The third-order valence-electron chi connectivity index (χ3n) is 2.52. The van der Waals surface area contributed by atoms with Crippen LogP contribution in [-0.4, -0.2) is 27.2 Å². The molecule has 1 aromatic carbocycles. The normalized spacial score (nSPS) is 11.6. The van der Waals surface area contributed by atoms with Crippen molar-refractivity contribution in [2.45, 2.75) is 19.4 Å². The maximum absolute atomic E-state index is 9.83. The first-order valence-corrected chi connectivity index (χ1v) is 5.79. The van der Waals surface area contributed by atoms with Crippen molar-refractivity contribution in [2.75, 3.05) is 7.11 Å². The van der Waals surface area contributed by atoms with E-state index in [0.29, 0.717) is 16.5 Å². The molecule has 0 aliphatic rings. The van der Waals surface area contributed by atoms with Crippen LogP contribution in [0.1, 0.15) is 19.5 Å². The molecule has 1 N–H and O–H groups in total. The number of ether oxygens (including phenoxy) is 1. The van der Waals surface area contributed by atoms with Crippen molar-refractivity contribution < 1.29 is 9.84 Å². The van der Waals surface area contributed by atoms with Gasteiger partial charge in [0.1, 0.15) is 17.0 Å². The van der Waals surface area contributed by atoms with Gasteiger partial charge in [0.25, 0.3) is 0 Å². The molecule has 2 rings (SSSR count). The molecular formula is C12H14ClN3O2. The summed E-state index contributed by atoms with van der Waals surface area (Å²) in [6.07, 6.45) is 1.67. The van der Waals surface area contributed by atoms with Gasteiger partial charge in [0.15, 0.2) is 0 Å². The van der Waals surface area contributed by atoms with Gasteiger partial charge in [0.05, 0.1) is 24.0 Å². The largest absolute Gasteiger partial charge is 0.495 e. The molecule has 0 amide bonds. The zero-order chi connectivity index (χ0) is 13.3. The lowest BCUT2D eigenvalue weighted by atomic mass is 10.1. The molecule has 6 heteroatoms.